The fourth-order valence-corrected chi connectivity index (χ4v) is 4.00. The zero-order valence-electron chi connectivity index (χ0n) is 16.0. The van der Waals surface area contributed by atoms with Gasteiger partial charge in [-0.15, -0.1) is 0 Å². The van der Waals surface area contributed by atoms with Crippen molar-refractivity contribution in [3.63, 3.8) is 0 Å². The second-order valence-electron chi connectivity index (χ2n) is 6.87. The second-order valence-corrected chi connectivity index (χ2v) is 8.13. The number of hydrogen-bond acceptors (Lipinski definition) is 4. The van der Waals surface area contributed by atoms with E-state index in [1.807, 2.05) is 32.0 Å². The standard InChI is InChI=1S/C20H19BrN4O3S/c1-10-6-11(2)8-14(7-10)23-19(26)17-12(3)22-20(29)24-18(17)13-4-5-15(21)16(9-13)25(27)28/h4-9,18H,1-3H3,(H,23,26)(H2,22,24,29). The molecule has 3 N–H and O–H groups in total. The fourth-order valence-electron chi connectivity index (χ4n) is 3.34. The lowest BCUT2D eigenvalue weighted by Crippen LogP contribution is -2.45. The van der Waals surface area contributed by atoms with Crippen LogP contribution in [0.2, 0.25) is 0 Å². The molecule has 2 aromatic carbocycles. The number of benzene rings is 2. The van der Waals surface area contributed by atoms with Gasteiger partial charge in [-0.2, -0.15) is 0 Å². The van der Waals surface area contributed by atoms with Crippen LogP contribution in [-0.2, 0) is 4.79 Å². The molecule has 1 aliphatic heterocycles. The maximum absolute atomic E-state index is 13.1. The van der Waals surface area contributed by atoms with Crippen molar-refractivity contribution in [1.82, 2.24) is 10.6 Å². The first-order valence-corrected chi connectivity index (χ1v) is 9.97. The highest BCUT2D eigenvalue weighted by molar-refractivity contribution is 9.10. The van der Waals surface area contributed by atoms with E-state index in [4.69, 9.17) is 12.2 Å². The molecule has 1 atom stereocenters. The number of hydrogen-bond donors (Lipinski definition) is 3. The Kier molecular flexibility index (Phi) is 5.99. The van der Waals surface area contributed by atoms with E-state index in [-0.39, 0.29) is 11.6 Å². The SMILES string of the molecule is CC1=C(C(=O)Nc2cc(C)cc(C)c2)C(c2ccc(Br)c([N+](=O)[O-])c2)NC(=S)N1. The van der Waals surface area contributed by atoms with Crippen molar-refractivity contribution in [2.45, 2.75) is 26.8 Å². The summed E-state index contributed by atoms with van der Waals surface area (Å²) in [5.74, 6) is -0.314. The predicted octanol–water partition coefficient (Wildman–Crippen LogP) is 4.41. The monoisotopic (exact) mass is 474 g/mol. The van der Waals surface area contributed by atoms with Crippen LogP contribution in [0.1, 0.15) is 29.7 Å². The lowest BCUT2D eigenvalue weighted by atomic mass is 9.94. The molecule has 1 amide bonds. The molecule has 3 rings (SSSR count). The van der Waals surface area contributed by atoms with Crippen LogP contribution in [0, 0.1) is 24.0 Å². The molecular weight excluding hydrogens is 456 g/mol. The third-order valence-corrected chi connectivity index (χ3v) is 5.38. The van der Waals surface area contributed by atoms with Gasteiger partial charge in [0.05, 0.1) is 21.0 Å². The minimum atomic E-state index is -0.624. The third kappa shape index (κ3) is 4.63. The van der Waals surface area contributed by atoms with E-state index < -0.39 is 11.0 Å². The van der Waals surface area contributed by atoms with Gasteiger partial charge in [-0.05, 0) is 83.8 Å². The molecule has 0 aliphatic carbocycles. The van der Waals surface area contributed by atoms with Gasteiger partial charge in [-0.25, -0.2) is 0 Å². The number of nitro benzene ring substituents is 1. The van der Waals surface area contributed by atoms with Gasteiger partial charge < -0.3 is 16.0 Å². The van der Waals surface area contributed by atoms with E-state index >= 15 is 0 Å². The summed E-state index contributed by atoms with van der Waals surface area (Å²) >= 11 is 8.43. The number of halogens is 1. The summed E-state index contributed by atoms with van der Waals surface area (Å²) in [6, 6.07) is 9.92. The predicted molar refractivity (Wildman–Crippen MR) is 120 cm³/mol. The molecule has 1 aliphatic rings. The average molecular weight is 475 g/mol. The van der Waals surface area contributed by atoms with Crippen LogP contribution in [0.5, 0.6) is 0 Å². The van der Waals surface area contributed by atoms with Crippen LogP contribution in [0.25, 0.3) is 0 Å². The lowest BCUT2D eigenvalue weighted by molar-refractivity contribution is -0.385. The minimum Gasteiger partial charge on any atom is -0.351 e. The van der Waals surface area contributed by atoms with E-state index in [0.717, 1.165) is 11.1 Å². The Hall–Kier alpha value is -2.78. The molecule has 0 aromatic heterocycles. The highest BCUT2D eigenvalue weighted by Gasteiger charge is 2.31. The number of amides is 1. The van der Waals surface area contributed by atoms with Crippen LogP contribution < -0.4 is 16.0 Å². The number of nitrogens with zero attached hydrogens (tertiary/aromatic N) is 1. The number of allylic oxidation sites excluding steroid dienone is 1. The van der Waals surface area contributed by atoms with Crippen LogP contribution in [0.15, 0.2) is 52.1 Å². The van der Waals surface area contributed by atoms with Crippen LogP contribution >= 0.6 is 28.1 Å². The fraction of sp³-hybridized carbons (Fsp3) is 0.200. The Morgan fingerprint density at radius 3 is 2.45 bits per heavy atom. The Balaban J connectivity index is 2.01. The van der Waals surface area contributed by atoms with E-state index in [9.17, 15) is 14.9 Å². The number of nitro groups is 1. The summed E-state index contributed by atoms with van der Waals surface area (Å²) < 4.78 is 0.365. The van der Waals surface area contributed by atoms with Crippen molar-refractivity contribution in [3.05, 3.63) is 78.9 Å². The first-order valence-electron chi connectivity index (χ1n) is 8.77. The molecule has 29 heavy (non-hydrogen) atoms. The first-order chi connectivity index (χ1) is 13.7. The van der Waals surface area contributed by atoms with Crippen molar-refractivity contribution >= 4 is 50.5 Å². The van der Waals surface area contributed by atoms with Gasteiger partial charge in [0.1, 0.15) is 0 Å². The van der Waals surface area contributed by atoms with Gasteiger partial charge in [0.2, 0.25) is 0 Å². The topological polar surface area (TPSA) is 96.3 Å². The number of rotatable bonds is 4. The van der Waals surface area contributed by atoms with E-state index in [1.165, 1.54) is 6.07 Å². The first kappa shape index (κ1) is 20.9. The summed E-state index contributed by atoms with van der Waals surface area (Å²) in [7, 11) is 0. The minimum absolute atomic E-state index is 0.0829. The Labute approximate surface area is 181 Å². The Morgan fingerprint density at radius 1 is 1.17 bits per heavy atom. The summed E-state index contributed by atoms with van der Waals surface area (Å²) in [4.78, 5) is 24.0. The Bertz CT molecular complexity index is 1050. The normalized spacial score (nSPS) is 16.1. The number of carbonyl (C=O) groups is 1. The zero-order valence-corrected chi connectivity index (χ0v) is 18.4. The average Bonchev–Trinajstić information content (AvgIpc) is 2.60. The lowest BCUT2D eigenvalue weighted by Gasteiger charge is -2.30. The van der Waals surface area contributed by atoms with Gasteiger partial charge in [0.25, 0.3) is 11.6 Å². The second kappa shape index (κ2) is 8.30. The molecule has 0 saturated heterocycles. The molecule has 0 spiro atoms. The van der Waals surface area contributed by atoms with Crippen molar-refractivity contribution in [2.24, 2.45) is 0 Å². The van der Waals surface area contributed by atoms with Gasteiger partial charge in [-0.1, -0.05) is 12.1 Å². The van der Waals surface area contributed by atoms with Crippen molar-refractivity contribution in [3.8, 4) is 0 Å². The smallest absolute Gasteiger partial charge is 0.283 e. The van der Waals surface area contributed by atoms with Gasteiger partial charge in [0, 0.05) is 17.5 Å². The molecular formula is C20H19BrN4O3S. The highest BCUT2D eigenvalue weighted by atomic mass is 79.9. The Morgan fingerprint density at radius 2 is 1.83 bits per heavy atom. The number of nitrogens with one attached hydrogen (secondary N) is 3. The van der Waals surface area contributed by atoms with Gasteiger partial charge >= 0.3 is 0 Å². The summed E-state index contributed by atoms with van der Waals surface area (Å²) in [5, 5.41) is 20.6. The summed E-state index contributed by atoms with van der Waals surface area (Å²) in [6.45, 7) is 5.67. The maximum atomic E-state index is 13.1. The maximum Gasteiger partial charge on any atom is 0.283 e. The van der Waals surface area contributed by atoms with Crippen molar-refractivity contribution in [1.29, 1.82) is 0 Å². The molecule has 2 aromatic rings. The van der Waals surface area contributed by atoms with Crippen molar-refractivity contribution < 1.29 is 9.72 Å². The summed E-state index contributed by atoms with van der Waals surface area (Å²) in [6.07, 6.45) is 0. The van der Waals surface area contributed by atoms with Gasteiger partial charge in [0.15, 0.2) is 5.11 Å². The van der Waals surface area contributed by atoms with Gasteiger partial charge in [-0.3, -0.25) is 14.9 Å². The molecule has 0 radical (unpaired) electrons. The molecule has 0 saturated carbocycles. The zero-order chi connectivity index (χ0) is 21.3. The largest absolute Gasteiger partial charge is 0.351 e. The van der Waals surface area contributed by atoms with Crippen LogP contribution in [0.4, 0.5) is 11.4 Å². The van der Waals surface area contributed by atoms with E-state index in [0.29, 0.717) is 32.1 Å². The quantitative estimate of drug-likeness (QED) is 0.345. The highest BCUT2D eigenvalue weighted by Crippen LogP contribution is 2.33. The van der Waals surface area contributed by atoms with E-state index in [2.05, 4.69) is 31.9 Å². The summed E-state index contributed by atoms with van der Waals surface area (Å²) in [5.41, 5.74) is 4.23. The molecule has 7 nitrogen and oxygen atoms in total. The third-order valence-electron chi connectivity index (χ3n) is 4.49. The molecule has 1 heterocycles. The van der Waals surface area contributed by atoms with Crippen LogP contribution in [-0.4, -0.2) is 15.9 Å². The molecule has 0 fully saturated rings. The molecule has 0 bridgehead atoms. The van der Waals surface area contributed by atoms with Crippen LogP contribution in [0.3, 0.4) is 0 Å². The molecule has 1 unspecified atom stereocenters. The molecule has 150 valence electrons. The number of thiocarbonyl (C=S) groups is 1. The molecule has 9 heteroatoms. The number of anilines is 1. The number of carbonyl (C=O) groups excluding carboxylic acids is 1. The number of aryl methyl sites for hydroxylation is 2. The van der Waals surface area contributed by atoms with E-state index in [1.54, 1.807) is 19.1 Å². The van der Waals surface area contributed by atoms with Crippen molar-refractivity contribution in [2.75, 3.05) is 5.32 Å².